The van der Waals surface area contributed by atoms with Crippen LogP contribution in [0.5, 0.6) is 5.19 Å². The SMILES string of the molecule is O=C(C1CC(=O)N(c2cccc(Br)c2)C1)N1CCC(Oc2nc3ccc(F)cc3s2)CC1. The molecule has 0 aliphatic carbocycles. The van der Waals surface area contributed by atoms with Gasteiger partial charge in [0.05, 0.1) is 16.1 Å². The molecule has 0 radical (unpaired) electrons. The lowest BCUT2D eigenvalue weighted by atomic mass is 10.0. The topological polar surface area (TPSA) is 62.7 Å². The summed E-state index contributed by atoms with van der Waals surface area (Å²) < 4.78 is 21.1. The molecule has 2 saturated heterocycles. The number of rotatable bonds is 4. The van der Waals surface area contributed by atoms with Gasteiger partial charge in [0, 0.05) is 49.1 Å². The van der Waals surface area contributed by atoms with E-state index in [1.165, 1.54) is 23.5 Å². The number of hydrogen-bond donors (Lipinski definition) is 0. The van der Waals surface area contributed by atoms with Crippen LogP contribution in [0.15, 0.2) is 46.9 Å². The fraction of sp³-hybridized carbons (Fsp3) is 0.348. The number of ether oxygens (including phenoxy) is 1. The van der Waals surface area contributed by atoms with E-state index in [1.54, 1.807) is 11.0 Å². The molecule has 6 nitrogen and oxygen atoms in total. The highest BCUT2D eigenvalue weighted by molar-refractivity contribution is 9.10. The molecule has 0 N–H and O–H groups in total. The number of fused-ring (bicyclic) bond motifs is 1. The first-order valence-electron chi connectivity index (χ1n) is 10.5. The van der Waals surface area contributed by atoms with Crippen molar-refractivity contribution in [1.82, 2.24) is 9.88 Å². The predicted octanol–water partition coefficient (Wildman–Crippen LogP) is 4.62. The summed E-state index contributed by atoms with van der Waals surface area (Å²) in [6.45, 7) is 1.59. The van der Waals surface area contributed by atoms with Gasteiger partial charge in [0.15, 0.2) is 0 Å². The zero-order valence-corrected chi connectivity index (χ0v) is 19.6. The Kier molecular flexibility index (Phi) is 5.86. The van der Waals surface area contributed by atoms with Crippen molar-refractivity contribution in [2.75, 3.05) is 24.5 Å². The van der Waals surface area contributed by atoms with Crippen LogP contribution in [0.25, 0.3) is 10.2 Å². The Labute approximate surface area is 197 Å². The summed E-state index contributed by atoms with van der Waals surface area (Å²) in [5, 5.41) is 0.529. The largest absolute Gasteiger partial charge is 0.467 e. The normalized spacial score (nSPS) is 19.7. The van der Waals surface area contributed by atoms with Gasteiger partial charge in [0.25, 0.3) is 5.19 Å². The van der Waals surface area contributed by atoms with Crippen LogP contribution in [0, 0.1) is 11.7 Å². The van der Waals surface area contributed by atoms with E-state index >= 15 is 0 Å². The Bertz CT molecular complexity index is 1180. The average Bonchev–Trinajstić information content (AvgIpc) is 3.36. The van der Waals surface area contributed by atoms with Gasteiger partial charge in [-0.1, -0.05) is 33.3 Å². The second-order valence-corrected chi connectivity index (χ2v) is 10.0. The maximum atomic E-state index is 13.4. The summed E-state index contributed by atoms with van der Waals surface area (Å²) in [5.41, 5.74) is 1.53. The third-order valence-corrected chi connectivity index (χ3v) is 7.35. The van der Waals surface area contributed by atoms with Crippen LogP contribution >= 0.6 is 27.3 Å². The van der Waals surface area contributed by atoms with Crippen molar-refractivity contribution in [3.8, 4) is 5.19 Å². The Morgan fingerprint density at radius 1 is 1.19 bits per heavy atom. The fourth-order valence-corrected chi connectivity index (χ4v) is 5.58. The van der Waals surface area contributed by atoms with Crippen molar-refractivity contribution in [3.63, 3.8) is 0 Å². The average molecular weight is 518 g/mol. The van der Waals surface area contributed by atoms with E-state index in [2.05, 4.69) is 20.9 Å². The number of amides is 2. The highest BCUT2D eigenvalue weighted by Crippen LogP contribution is 2.32. The molecule has 0 spiro atoms. The molecular formula is C23H21BrFN3O3S. The number of carbonyl (C=O) groups excluding carboxylic acids is 2. The van der Waals surface area contributed by atoms with Gasteiger partial charge in [-0.05, 0) is 36.4 Å². The summed E-state index contributed by atoms with van der Waals surface area (Å²) in [6, 6.07) is 12.1. The maximum absolute atomic E-state index is 13.4. The standard InChI is InChI=1S/C23H21BrFN3O3S/c24-15-2-1-3-17(11-15)28-13-14(10-21(28)29)22(30)27-8-6-18(7-9-27)31-23-26-19-5-4-16(25)12-20(19)32-23/h1-5,11-12,14,18H,6-10,13H2. The minimum atomic E-state index is -0.321. The Hall–Kier alpha value is -2.52. The molecule has 2 aliphatic heterocycles. The molecule has 1 unspecified atom stereocenters. The van der Waals surface area contributed by atoms with E-state index in [0.717, 1.165) is 20.4 Å². The Morgan fingerprint density at radius 2 is 2.00 bits per heavy atom. The third-order valence-electron chi connectivity index (χ3n) is 5.95. The van der Waals surface area contributed by atoms with E-state index in [4.69, 9.17) is 4.74 Å². The lowest BCUT2D eigenvalue weighted by Gasteiger charge is -2.33. The van der Waals surface area contributed by atoms with Crippen LogP contribution in [-0.4, -0.2) is 47.4 Å². The minimum Gasteiger partial charge on any atom is -0.467 e. The molecule has 3 aromatic rings. The van der Waals surface area contributed by atoms with Crippen LogP contribution in [0.2, 0.25) is 0 Å². The summed E-state index contributed by atoms with van der Waals surface area (Å²) in [6.07, 6.45) is 1.61. The maximum Gasteiger partial charge on any atom is 0.274 e. The highest BCUT2D eigenvalue weighted by Gasteiger charge is 2.38. The van der Waals surface area contributed by atoms with E-state index < -0.39 is 0 Å². The first kappa shape index (κ1) is 21.3. The predicted molar refractivity (Wildman–Crippen MR) is 124 cm³/mol. The van der Waals surface area contributed by atoms with Crippen LogP contribution in [0.1, 0.15) is 19.3 Å². The van der Waals surface area contributed by atoms with Crippen molar-refractivity contribution in [2.24, 2.45) is 5.92 Å². The molecule has 2 aliphatic rings. The van der Waals surface area contributed by atoms with Gasteiger partial charge in [-0.25, -0.2) is 9.37 Å². The molecule has 2 fully saturated rings. The van der Waals surface area contributed by atoms with E-state index in [1.807, 2.05) is 29.2 Å². The van der Waals surface area contributed by atoms with Crippen LogP contribution in [0.3, 0.4) is 0 Å². The van der Waals surface area contributed by atoms with Crippen LogP contribution < -0.4 is 9.64 Å². The van der Waals surface area contributed by atoms with Gasteiger partial charge in [-0.2, -0.15) is 0 Å². The van der Waals surface area contributed by atoms with Gasteiger partial charge in [-0.3, -0.25) is 9.59 Å². The van der Waals surface area contributed by atoms with Gasteiger partial charge < -0.3 is 14.5 Å². The number of anilines is 1. The van der Waals surface area contributed by atoms with Crippen molar-refractivity contribution < 1.29 is 18.7 Å². The minimum absolute atomic E-state index is 0.0214. The molecule has 1 atom stereocenters. The third kappa shape index (κ3) is 4.36. The Morgan fingerprint density at radius 3 is 2.78 bits per heavy atom. The lowest BCUT2D eigenvalue weighted by Crippen LogP contribution is -2.44. The first-order chi connectivity index (χ1) is 15.5. The number of benzene rings is 2. The molecule has 2 aromatic carbocycles. The lowest BCUT2D eigenvalue weighted by molar-refractivity contribution is -0.137. The smallest absolute Gasteiger partial charge is 0.274 e. The highest BCUT2D eigenvalue weighted by atomic mass is 79.9. The summed E-state index contributed by atoms with van der Waals surface area (Å²) in [7, 11) is 0. The number of carbonyl (C=O) groups is 2. The molecule has 166 valence electrons. The summed E-state index contributed by atoms with van der Waals surface area (Å²) in [4.78, 5) is 33.5. The molecule has 9 heteroatoms. The van der Waals surface area contributed by atoms with Crippen molar-refractivity contribution >= 4 is 55.0 Å². The van der Waals surface area contributed by atoms with Gasteiger partial charge in [0.1, 0.15) is 11.9 Å². The van der Waals surface area contributed by atoms with Gasteiger partial charge in [0.2, 0.25) is 11.8 Å². The number of hydrogen-bond acceptors (Lipinski definition) is 5. The zero-order chi connectivity index (χ0) is 22.2. The molecule has 0 saturated carbocycles. The van der Waals surface area contributed by atoms with Crippen LogP contribution in [0.4, 0.5) is 10.1 Å². The molecule has 3 heterocycles. The van der Waals surface area contributed by atoms with E-state index in [-0.39, 0.29) is 36.1 Å². The number of thiazole rings is 1. The number of likely N-dealkylation sites (tertiary alicyclic amines) is 1. The molecule has 1 aromatic heterocycles. The Balaban J connectivity index is 1.17. The fourth-order valence-electron chi connectivity index (χ4n) is 4.29. The van der Waals surface area contributed by atoms with Gasteiger partial charge in [-0.15, -0.1) is 0 Å². The zero-order valence-electron chi connectivity index (χ0n) is 17.2. The molecule has 5 rings (SSSR count). The second kappa shape index (κ2) is 8.78. The second-order valence-electron chi connectivity index (χ2n) is 8.12. The van der Waals surface area contributed by atoms with Crippen molar-refractivity contribution in [1.29, 1.82) is 0 Å². The molecule has 32 heavy (non-hydrogen) atoms. The van der Waals surface area contributed by atoms with E-state index in [9.17, 15) is 14.0 Å². The summed E-state index contributed by atoms with van der Waals surface area (Å²) in [5.74, 6) is -0.599. The van der Waals surface area contributed by atoms with Crippen molar-refractivity contribution in [2.45, 2.75) is 25.4 Å². The summed E-state index contributed by atoms with van der Waals surface area (Å²) >= 11 is 4.76. The van der Waals surface area contributed by atoms with E-state index in [0.29, 0.717) is 37.7 Å². The number of piperidine rings is 1. The quantitative estimate of drug-likeness (QED) is 0.506. The molecule has 2 amide bonds. The van der Waals surface area contributed by atoms with Crippen LogP contribution in [-0.2, 0) is 9.59 Å². The molecule has 0 bridgehead atoms. The number of nitrogens with zero attached hydrogens (tertiary/aromatic N) is 3. The number of aromatic nitrogens is 1. The monoisotopic (exact) mass is 517 g/mol. The van der Waals surface area contributed by atoms with Crippen molar-refractivity contribution in [3.05, 3.63) is 52.8 Å². The first-order valence-corrected chi connectivity index (χ1v) is 12.1. The van der Waals surface area contributed by atoms with Gasteiger partial charge >= 0.3 is 0 Å². The molecular weight excluding hydrogens is 497 g/mol. The number of halogens is 2.